The highest BCUT2D eigenvalue weighted by molar-refractivity contribution is 7.13. The molecule has 2 rings (SSSR count). The van der Waals surface area contributed by atoms with Crippen molar-refractivity contribution in [2.75, 3.05) is 32.8 Å². The lowest BCUT2D eigenvalue weighted by molar-refractivity contribution is 0.0308. The number of amides is 1. The minimum Gasteiger partial charge on any atom is -0.379 e. The van der Waals surface area contributed by atoms with Crippen LogP contribution in [0.25, 0.3) is 0 Å². The van der Waals surface area contributed by atoms with Gasteiger partial charge in [0.25, 0.3) is 5.91 Å². The number of ether oxygens (including phenoxy) is 1. The molecule has 1 aliphatic rings. The van der Waals surface area contributed by atoms with E-state index in [0.717, 1.165) is 55.6 Å². The number of aryl methyl sites for hydroxylation is 1. The van der Waals surface area contributed by atoms with Crippen LogP contribution in [-0.4, -0.2) is 54.7 Å². The van der Waals surface area contributed by atoms with Gasteiger partial charge in [-0.3, -0.25) is 9.69 Å². The number of aromatic nitrogens is 1. The molecule has 124 valence electrons. The second-order valence-corrected chi connectivity index (χ2v) is 7.22. The van der Waals surface area contributed by atoms with Crippen LogP contribution in [0.1, 0.15) is 41.9 Å². The molecule has 0 aromatic carbocycles. The van der Waals surface area contributed by atoms with Gasteiger partial charge in [-0.05, 0) is 18.8 Å². The summed E-state index contributed by atoms with van der Waals surface area (Å²) in [7, 11) is 0. The number of nitrogens with zero attached hydrogens (tertiary/aromatic N) is 2. The zero-order valence-corrected chi connectivity index (χ0v) is 14.6. The molecule has 1 aromatic rings. The van der Waals surface area contributed by atoms with Crippen LogP contribution < -0.4 is 5.32 Å². The van der Waals surface area contributed by atoms with E-state index in [2.05, 4.69) is 36.0 Å². The molecule has 6 heteroatoms. The highest BCUT2D eigenvalue weighted by atomic mass is 32.1. The highest BCUT2D eigenvalue weighted by Gasteiger charge is 2.22. The van der Waals surface area contributed by atoms with Crippen molar-refractivity contribution in [3.8, 4) is 0 Å². The van der Waals surface area contributed by atoms with E-state index in [0.29, 0.717) is 5.92 Å². The molecule has 5 nitrogen and oxygen atoms in total. The first-order chi connectivity index (χ1) is 10.6. The Kier molecular flexibility index (Phi) is 6.79. The van der Waals surface area contributed by atoms with Crippen molar-refractivity contribution in [1.29, 1.82) is 0 Å². The van der Waals surface area contributed by atoms with Crippen LogP contribution >= 0.6 is 11.3 Å². The van der Waals surface area contributed by atoms with Gasteiger partial charge < -0.3 is 10.1 Å². The second-order valence-electron chi connectivity index (χ2n) is 6.11. The Balaban J connectivity index is 1.92. The van der Waals surface area contributed by atoms with Gasteiger partial charge in [-0.15, -0.1) is 11.3 Å². The van der Waals surface area contributed by atoms with Crippen molar-refractivity contribution >= 4 is 17.2 Å². The smallest absolute Gasteiger partial charge is 0.263 e. The van der Waals surface area contributed by atoms with E-state index < -0.39 is 0 Å². The molecule has 1 aromatic heterocycles. The van der Waals surface area contributed by atoms with E-state index in [1.54, 1.807) is 6.20 Å². The molecule has 1 N–H and O–H groups in total. The molecular formula is C16H27N3O2S. The summed E-state index contributed by atoms with van der Waals surface area (Å²) < 4.78 is 5.38. The van der Waals surface area contributed by atoms with Gasteiger partial charge in [0, 0.05) is 25.7 Å². The molecule has 0 bridgehead atoms. The molecule has 1 atom stereocenters. The molecule has 1 fully saturated rings. The molecule has 0 radical (unpaired) electrons. The van der Waals surface area contributed by atoms with E-state index >= 15 is 0 Å². The van der Waals surface area contributed by atoms with E-state index in [4.69, 9.17) is 4.74 Å². The van der Waals surface area contributed by atoms with E-state index in [1.165, 1.54) is 11.3 Å². The van der Waals surface area contributed by atoms with Crippen molar-refractivity contribution in [2.24, 2.45) is 5.92 Å². The van der Waals surface area contributed by atoms with Gasteiger partial charge in [0.05, 0.1) is 24.4 Å². The molecule has 0 spiro atoms. The predicted octanol–water partition coefficient (Wildman–Crippen LogP) is 2.18. The van der Waals surface area contributed by atoms with Gasteiger partial charge >= 0.3 is 0 Å². The van der Waals surface area contributed by atoms with Gasteiger partial charge in [-0.25, -0.2) is 4.98 Å². The van der Waals surface area contributed by atoms with Crippen LogP contribution in [0.5, 0.6) is 0 Å². The molecule has 1 amide bonds. The van der Waals surface area contributed by atoms with Gasteiger partial charge in [0.15, 0.2) is 0 Å². The fourth-order valence-corrected chi connectivity index (χ4v) is 3.39. The maximum atomic E-state index is 12.4. The maximum absolute atomic E-state index is 12.4. The summed E-state index contributed by atoms with van der Waals surface area (Å²) in [5, 5.41) is 4.23. The lowest BCUT2D eigenvalue weighted by Gasteiger charge is -2.32. The summed E-state index contributed by atoms with van der Waals surface area (Å²) in [6, 6.07) is 0.155. The first kappa shape index (κ1) is 17.4. The monoisotopic (exact) mass is 325 g/mol. The highest BCUT2D eigenvalue weighted by Crippen LogP contribution is 2.15. The summed E-state index contributed by atoms with van der Waals surface area (Å²) in [6.07, 6.45) is 3.71. The second kappa shape index (κ2) is 8.60. The number of morpholine rings is 1. The summed E-state index contributed by atoms with van der Waals surface area (Å²) >= 11 is 1.51. The van der Waals surface area contributed by atoms with E-state index in [-0.39, 0.29) is 11.9 Å². The predicted molar refractivity (Wildman–Crippen MR) is 89.5 cm³/mol. The van der Waals surface area contributed by atoms with Crippen molar-refractivity contribution in [3.05, 3.63) is 16.1 Å². The maximum Gasteiger partial charge on any atom is 0.263 e. The molecule has 1 aliphatic heterocycles. The SMILES string of the molecule is CCCc1ncc(C(=O)N[C@@H](CN2CCOCC2)C(C)C)s1. The lowest BCUT2D eigenvalue weighted by Crippen LogP contribution is -2.49. The Labute approximate surface area is 137 Å². The standard InChI is InChI=1S/C16H27N3O2S/c1-4-5-15-17-10-14(22-15)16(20)18-13(12(2)3)11-19-6-8-21-9-7-19/h10,12-13H,4-9,11H2,1-3H3,(H,18,20)/t13-/m0/s1. The number of hydrogen-bond acceptors (Lipinski definition) is 5. The molecular weight excluding hydrogens is 298 g/mol. The summed E-state index contributed by atoms with van der Waals surface area (Å²) in [4.78, 5) is 19.8. The van der Waals surface area contributed by atoms with Gasteiger partial charge in [-0.1, -0.05) is 20.8 Å². The third-order valence-corrected chi connectivity index (χ3v) is 4.98. The van der Waals surface area contributed by atoms with Crippen LogP contribution in [0, 0.1) is 5.92 Å². The summed E-state index contributed by atoms with van der Waals surface area (Å²) in [6.45, 7) is 10.8. The Morgan fingerprint density at radius 2 is 2.18 bits per heavy atom. The normalized spacial score (nSPS) is 17.6. The average Bonchev–Trinajstić information content (AvgIpc) is 2.96. The third kappa shape index (κ3) is 5.04. The minimum atomic E-state index is 0.00631. The lowest BCUT2D eigenvalue weighted by atomic mass is 10.0. The topological polar surface area (TPSA) is 54.5 Å². The largest absolute Gasteiger partial charge is 0.379 e. The molecule has 2 heterocycles. The number of rotatable bonds is 7. The van der Waals surface area contributed by atoms with E-state index in [1.807, 2.05) is 0 Å². The fourth-order valence-electron chi connectivity index (χ4n) is 2.47. The van der Waals surface area contributed by atoms with Crippen LogP contribution in [0.3, 0.4) is 0 Å². The number of carbonyl (C=O) groups excluding carboxylic acids is 1. The van der Waals surface area contributed by atoms with Gasteiger partial charge in [-0.2, -0.15) is 0 Å². The summed E-state index contributed by atoms with van der Waals surface area (Å²) in [5.74, 6) is 0.404. The Morgan fingerprint density at radius 1 is 1.45 bits per heavy atom. The third-order valence-electron chi connectivity index (χ3n) is 3.92. The molecule has 22 heavy (non-hydrogen) atoms. The number of thiazole rings is 1. The van der Waals surface area contributed by atoms with Crippen molar-refractivity contribution < 1.29 is 9.53 Å². The minimum absolute atomic E-state index is 0.00631. The van der Waals surface area contributed by atoms with Crippen molar-refractivity contribution in [2.45, 2.75) is 39.7 Å². The molecule has 0 aliphatic carbocycles. The van der Waals surface area contributed by atoms with Crippen LogP contribution in [-0.2, 0) is 11.2 Å². The number of carbonyl (C=O) groups is 1. The molecule has 1 saturated heterocycles. The van der Waals surface area contributed by atoms with E-state index in [9.17, 15) is 4.79 Å². The first-order valence-electron chi connectivity index (χ1n) is 8.15. The van der Waals surface area contributed by atoms with Crippen LogP contribution in [0.2, 0.25) is 0 Å². The van der Waals surface area contributed by atoms with Gasteiger partial charge in [0.2, 0.25) is 0 Å². The van der Waals surface area contributed by atoms with Gasteiger partial charge in [0.1, 0.15) is 4.88 Å². The van der Waals surface area contributed by atoms with Crippen LogP contribution in [0.4, 0.5) is 0 Å². The van der Waals surface area contributed by atoms with Crippen molar-refractivity contribution in [1.82, 2.24) is 15.2 Å². The molecule has 0 saturated carbocycles. The Hall–Kier alpha value is -0.980. The first-order valence-corrected chi connectivity index (χ1v) is 8.97. The quantitative estimate of drug-likeness (QED) is 0.835. The average molecular weight is 325 g/mol. The fraction of sp³-hybridized carbons (Fsp3) is 0.750. The summed E-state index contributed by atoms with van der Waals surface area (Å²) in [5.41, 5.74) is 0. The zero-order chi connectivity index (χ0) is 15.9. The number of hydrogen-bond donors (Lipinski definition) is 1. The number of nitrogens with one attached hydrogen (secondary N) is 1. The van der Waals surface area contributed by atoms with Crippen LogP contribution in [0.15, 0.2) is 6.20 Å². The van der Waals surface area contributed by atoms with Crippen molar-refractivity contribution in [3.63, 3.8) is 0 Å². The Bertz CT molecular complexity index is 470. The molecule has 0 unspecified atom stereocenters. The zero-order valence-electron chi connectivity index (χ0n) is 13.8. The Morgan fingerprint density at radius 3 is 2.82 bits per heavy atom.